The molecule has 0 aliphatic carbocycles. The molecule has 1 rings (SSSR count). The molecule has 0 aromatic rings. The minimum Gasteiger partial charge on any atom is -0.334 e. The Kier molecular flexibility index (Phi) is 3.16. The van der Waals surface area contributed by atoms with Crippen molar-refractivity contribution >= 4 is 34.8 Å². The third-order valence-electron chi connectivity index (χ3n) is 1.46. The molecular weight excluding hydrogens is 274 g/mol. The van der Waals surface area contributed by atoms with Crippen molar-refractivity contribution in [2.75, 3.05) is 6.61 Å². The second kappa shape index (κ2) is 3.52. The third-order valence-corrected chi connectivity index (χ3v) is 2.17. The zero-order chi connectivity index (χ0) is 11.2. The van der Waals surface area contributed by atoms with E-state index in [9.17, 15) is 17.6 Å². The maximum atomic E-state index is 12.6. The lowest BCUT2D eigenvalue weighted by molar-refractivity contribution is -0.325. The minimum absolute atomic E-state index is 0.661. The van der Waals surface area contributed by atoms with Crippen LogP contribution in [0.25, 0.3) is 0 Å². The van der Waals surface area contributed by atoms with Crippen molar-refractivity contribution in [1.82, 2.24) is 0 Å². The van der Waals surface area contributed by atoms with E-state index in [0.29, 0.717) is 0 Å². The molecule has 0 radical (unpaired) electrons. The highest BCUT2D eigenvalue weighted by molar-refractivity contribution is 6.26. The first-order valence-electron chi connectivity index (χ1n) is 3.19. The number of hydrogen-bond acceptors (Lipinski definition) is 2. The first kappa shape index (κ1) is 12.6. The molecule has 0 N–H and O–H groups in total. The van der Waals surface area contributed by atoms with E-state index in [0.717, 1.165) is 0 Å². The summed E-state index contributed by atoms with van der Waals surface area (Å²) < 4.78 is 58.7. The molecule has 1 aliphatic rings. The van der Waals surface area contributed by atoms with Crippen molar-refractivity contribution in [3.05, 3.63) is 0 Å². The molecule has 1 aliphatic heterocycles. The molecule has 14 heavy (non-hydrogen) atoms. The van der Waals surface area contributed by atoms with Crippen molar-refractivity contribution in [2.24, 2.45) is 0 Å². The van der Waals surface area contributed by atoms with E-state index in [4.69, 9.17) is 11.6 Å². The molecule has 0 amide bonds. The fourth-order valence-electron chi connectivity index (χ4n) is 0.889. The highest BCUT2D eigenvalue weighted by Gasteiger charge is 2.73. The van der Waals surface area contributed by atoms with Gasteiger partial charge in [0.05, 0.1) is 6.61 Å². The average molecular weight is 277 g/mol. The van der Waals surface area contributed by atoms with Crippen LogP contribution in [0, 0.1) is 0 Å². The van der Waals surface area contributed by atoms with Gasteiger partial charge in [-0.3, -0.25) is 0 Å². The summed E-state index contributed by atoms with van der Waals surface area (Å²) in [6.45, 7) is -0.661. The zero-order valence-electron chi connectivity index (χ0n) is 6.25. The lowest BCUT2D eigenvalue weighted by Gasteiger charge is -2.33. The molecule has 1 unspecified atom stereocenters. The van der Waals surface area contributed by atoms with Crippen LogP contribution in [-0.2, 0) is 9.47 Å². The van der Waals surface area contributed by atoms with Crippen LogP contribution in [0.5, 0.6) is 0 Å². The molecule has 1 atom stereocenters. The largest absolute Gasteiger partial charge is 0.382 e. The van der Waals surface area contributed by atoms with Gasteiger partial charge < -0.3 is 9.47 Å². The standard InChI is InChI=1S/C5H3Cl3F4O2/c6-2-1-13-3(14-2,4(7,9)10)5(8,11)12/h2H,1H2. The Morgan fingerprint density at radius 2 is 1.57 bits per heavy atom. The first-order chi connectivity index (χ1) is 6.10. The van der Waals surface area contributed by atoms with E-state index >= 15 is 0 Å². The van der Waals surface area contributed by atoms with Gasteiger partial charge in [-0.1, -0.05) is 11.6 Å². The summed E-state index contributed by atoms with van der Waals surface area (Å²) in [4.78, 5) is 0. The van der Waals surface area contributed by atoms with E-state index in [1.807, 2.05) is 0 Å². The van der Waals surface area contributed by atoms with Gasteiger partial charge in [0.15, 0.2) is 5.56 Å². The van der Waals surface area contributed by atoms with Crippen LogP contribution in [0.3, 0.4) is 0 Å². The summed E-state index contributed by atoms with van der Waals surface area (Å²) in [5, 5.41) is -9.00. The molecule has 1 saturated heterocycles. The second-order valence-electron chi connectivity index (χ2n) is 2.45. The summed E-state index contributed by atoms with van der Waals surface area (Å²) >= 11 is 14.1. The van der Waals surface area contributed by atoms with Gasteiger partial charge in [-0.2, -0.15) is 17.6 Å². The number of hydrogen-bond donors (Lipinski definition) is 0. The Bertz CT molecular complexity index is 212. The predicted octanol–water partition coefficient (Wildman–Crippen LogP) is 2.96. The number of alkyl halides is 7. The molecular formula is C5H3Cl3F4O2. The maximum Gasteiger partial charge on any atom is 0.382 e. The zero-order valence-corrected chi connectivity index (χ0v) is 8.51. The third kappa shape index (κ3) is 1.90. The summed E-state index contributed by atoms with van der Waals surface area (Å²) in [5.41, 5.74) is -1.45. The number of ether oxygens (including phenoxy) is 2. The topological polar surface area (TPSA) is 18.5 Å². The van der Waals surface area contributed by atoms with E-state index in [-0.39, 0.29) is 0 Å². The molecule has 1 heterocycles. The maximum absolute atomic E-state index is 12.6. The van der Waals surface area contributed by atoms with Crippen LogP contribution in [0.1, 0.15) is 0 Å². The molecule has 0 bridgehead atoms. The Hall–Kier alpha value is 0.510. The van der Waals surface area contributed by atoms with Gasteiger partial charge in [0.25, 0.3) is 0 Å². The van der Waals surface area contributed by atoms with Gasteiger partial charge in [0.2, 0.25) is 0 Å². The van der Waals surface area contributed by atoms with Crippen LogP contribution in [0.2, 0.25) is 0 Å². The normalized spacial score (nSPS) is 28.1. The summed E-state index contributed by atoms with van der Waals surface area (Å²) in [6.07, 6.45) is 0. The second-order valence-corrected chi connectivity index (χ2v) is 3.89. The fraction of sp³-hybridized carbons (Fsp3) is 1.00. The Morgan fingerprint density at radius 3 is 1.71 bits per heavy atom. The highest BCUT2D eigenvalue weighted by atomic mass is 35.5. The number of halogens is 7. The van der Waals surface area contributed by atoms with E-state index in [2.05, 4.69) is 32.7 Å². The molecule has 0 saturated carbocycles. The minimum atomic E-state index is -4.50. The van der Waals surface area contributed by atoms with Gasteiger partial charge >= 0.3 is 16.6 Å². The smallest absolute Gasteiger partial charge is 0.334 e. The monoisotopic (exact) mass is 276 g/mol. The summed E-state index contributed by atoms with van der Waals surface area (Å²) in [6, 6.07) is 0. The molecule has 2 nitrogen and oxygen atoms in total. The van der Waals surface area contributed by atoms with Crippen LogP contribution >= 0.6 is 34.8 Å². The molecule has 0 spiro atoms. The molecule has 0 aromatic heterocycles. The summed E-state index contributed by atoms with van der Waals surface area (Å²) in [7, 11) is 0. The molecule has 1 fully saturated rings. The lowest BCUT2D eigenvalue weighted by atomic mass is 10.3. The average Bonchev–Trinajstić information content (AvgIpc) is 2.28. The van der Waals surface area contributed by atoms with Crippen LogP contribution in [0.15, 0.2) is 0 Å². The van der Waals surface area contributed by atoms with Crippen LogP contribution in [0.4, 0.5) is 17.6 Å². The van der Waals surface area contributed by atoms with Crippen LogP contribution < -0.4 is 0 Å². The predicted molar refractivity (Wildman–Crippen MR) is 41.0 cm³/mol. The van der Waals surface area contributed by atoms with E-state index < -0.39 is 28.7 Å². The van der Waals surface area contributed by atoms with Gasteiger partial charge in [0.1, 0.15) is 0 Å². The van der Waals surface area contributed by atoms with Gasteiger partial charge in [-0.15, -0.1) is 0 Å². The lowest BCUT2D eigenvalue weighted by Crippen LogP contribution is -2.56. The van der Waals surface area contributed by atoms with Crippen molar-refractivity contribution in [2.45, 2.75) is 22.1 Å². The van der Waals surface area contributed by atoms with Crippen molar-refractivity contribution in [1.29, 1.82) is 0 Å². The van der Waals surface area contributed by atoms with Crippen molar-refractivity contribution in [3.63, 3.8) is 0 Å². The highest BCUT2D eigenvalue weighted by Crippen LogP contribution is 2.52. The van der Waals surface area contributed by atoms with E-state index in [1.54, 1.807) is 0 Å². The fourth-order valence-corrected chi connectivity index (χ4v) is 1.56. The first-order valence-corrected chi connectivity index (χ1v) is 4.39. The van der Waals surface area contributed by atoms with Gasteiger partial charge in [0, 0.05) is 0 Å². The summed E-state index contributed by atoms with van der Waals surface area (Å²) in [5.74, 6) is -3.73. The Balaban J connectivity index is 3.05. The van der Waals surface area contributed by atoms with Gasteiger partial charge in [-0.25, -0.2) is 0 Å². The molecule has 0 aromatic carbocycles. The number of rotatable bonds is 2. The quantitative estimate of drug-likeness (QED) is 0.571. The molecule has 84 valence electrons. The van der Waals surface area contributed by atoms with Crippen molar-refractivity contribution < 1.29 is 27.0 Å². The molecule has 9 heteroatoms. The van der Waals surface area contributed by atoms with Crippen LogP contribution in [-0.4, -0.2) is 28.7 Å². The van der Waals surface area contributed by atoms with E-state index in [1.165, 1.54) is 0 Å². The SMILES string of the molecule is FC(F)(Cl)C1(C(F)(F)Cl)OCC(Cl)O1. The van der Waals surface area contributed by atoms with Gasteiger partial charge in [-0.05, 0) is 23.2 Å². The Labute approximate surface area is 91.0 Å². The van der Waals surface area contributed by atoms with Crippen molar-refractivity contribution in [3.8, 4) is 0 Å². The Morgan fingerprint density at radius 1 is 1.14 bits per heavy atom.